The molecule has 8 nitrogen and oxygen atoms in total. The highest BCUT2D eigenvalue weighted by molar-refractivity contribution is 7.47. The number of aliphatic hydroxyl groups excluding tert-OH is 1. The number of rotatable bonds is 78. The number of allylic oxidation sites excluding steroid dienone is 9. The van der Waals surface area contributed by atoms with Crippen molar-refractivity contribution >= 4 is 13.7 Å². The van der Waals surface area contributed by atoms with Crippen molar-refractivity contribution in [1.29, 1.82) is 0 Å². The summed E-state index contributed by atoms with van der Waals surface area (Å²) in [5.74, 6) is -0.183. The van der Waals surface area contributed by atoms with E-state index in [1.54, 1.807) is 6.08 Å². The Labute approximate surface area is 587 Å². The first-order valence-electron chi connectivity index (χ1n) is 41.7. The first kappa shape index (κ1) is 92.2. The number of nitrogens with one attached hydrogen (secondary N) is 1. The molecule has 0 fully saturated rings. The van der Waals surface area contributed by atoms with Gasteiger partial charge >= 0.3 is 7.82 Å². The van der Waals surface area contributed by atoms with Crippen molar-refractivity contribution < 1.29 is 32.9 Å². The van der Waals surface area contributed by atoms with E-state index in [4.69, 9.17) is 9.05 Å². The van der Waals surface area contributed by atoms with Crippen LogP contribution in [0.1, 0.15) is 425 Å². The fourth-order valence-corrected chi connectivity index (χ4v) is 13.5. The summed E-state index contributed by atoms with van der Waals surface area (Å²) in [6.45, 7) is 4.84. The maximum absolute atomic E-state index is 13.1. The molecule has 3 N–H and O–H groups in total. The number of unbranched alkanes of at least 4 members (excludes halogenated alkanes) is 57. The number of phosphoric acid groups is 1. The third-order valence-electron chi connectivity index (χ3n) is 19.2. The third kappa shape index (κ3) is 77.6. The Bertz CT molecular complexity index is 1720. The minimum atomic E-state index is -4.37. The quantitative estimate of drug-likeness (QED) is 0.0243. The lowest BCUT2D eigenvalue weighted by atomic mass is 10.0. The largest absolute Gasteiger partial charge is 0.472 e. The van der Waals surface area contributed by atoms with Crippen molar-refractivity contribution in [3.63, 3.8) is 0 Å². The Balaban J connectivity index is 3.95. The Kier molecular flexibility index (Phi) is 74.0. The van der Waals surface area contributed by atoms with Crippen LogP contribution in [0.2, 0.25) is 0 Å². The van der Waals surface area contributed by atoms with Gasteiger partial charge in [-0.1, -0.05) is 402 Å². The SMILES string of the molecule is CCCCCCC/C=C\C/C=C\CCCCCCCCCCCCCCCCCCCCCCCCCCCCCCCC(=O)NC(COP(=O)(O)OCC[N+](C)(C)C)C(O)/C=C/CC/C=C/CC/C=C/CCCCCCCCCCCCCCCCCCCCCCC. The van der Waals surface area contributed by atoms with Crippen LogP contribution in [0.4, 0.5) is 0 Å². The summed E-state index contributed by atoms with van der Waals surface area (Å²) in [6, 6.07) is -0.872. The van der Waals surface area contributed by atoms with Gasteiger partial charge in [0.05, 0.1) is 39.9 Å². The maximum atomic E-state index is 13.1. The summed E-state index contributed by atoms with van der Waals surface area (Å²) < 4.78 is 23.9. The Morgan fingerprint density at radius 3 is 0.915 bits per heavy atom. The van der Waals surface area contributed by atoms with E-state index in [1.807, 2.05) is 27.2 Å². The van der Waals surface area contributed by atoms with Gasteiger partial charge in [0.25, 0.3) is 0 Å². The Morgan fingerprint density at radius 2 is 0.617 bits per heavy atom. The summed E-state index contributed by atoms with van der Waals surface area (Å²) in [4.78, 5) is 23.5. The molecule has 94 heavy (non-hydrogen) atoms. The molecule has 0 saturated carbocycles. The summed E-state index contributed by atoms with van der Waals surface area (Å²) >= 11 is 0. The first-order chi connectivity index (χ1) is 46.0. The van der Waals surface area contributed by atoms with E-state index in [0.29, 0.717) is 17.4 Å². The highest BCUT2D eigenvalue weighted by Gasteiger charge is 2.28. The summed E-state index contributed by atoms with van der Waals surface area (Å²) in [5.41, 5.74) is 0. The fraction of sp³-hybridized carbons (Fsp3) is 0.871. The number of phosphoric ester groups is 1. The minimum absolute atomic E-state index is 0.0545. The van der Waals surface area contributed by atoms with Crippen LogP contribution >= 0.6 is 7.82 Å². The number of nitrogens with zero attached hydrogens (tertiary/aromatic N) is 1. The molecule has 0 aromatic rings. The molecule has 0 aliphatic carbocycles. The van der Waals surface area contributed by atoms with E-state index in [-0.39, 0.29) is 19.1 Å². The number of hydrogen-bond donors (Lipinski definition) is 3. The smallest absolute Gasteiger partial charge is 0.387 e. The average molecular weight is 1340 g/mol. The van der Waals surface area contributed by atoms with E-state index < -0.39 is 20.0 Å². The molecule has 1 amide bonds. The predicted octanol–water partition coefficient (Wildman–Crippen LogP) is 27.5. The zero-order valence-electron chi connectivity index (χ0n) is 63.7. The van der Waals surface area contributed by atoms with E-state index in [1.165, 1.54) is 353 Å². The summed E-state index contributed by atoms with van der Waals surface area (Å²) in [5, 5.41) is 14.0. The molecule has 0 bridgehead atoms. The van der Waals surface area contributed by atoms with Crippen molar-refractivity contribution in [2.45, 2.75) is 437 Å². The molecule has 0 rings (SSSR count). The van der Waals surface area contributed by atoms with Gasteiger partial charge in [-0.15, -0.1) is 0 Å². The van der Waals surface area contributed by atoms with E-state index >= 15 is 0 Å². The van der Waals surface area contributed by atoms with Gasteiger partial charge in [-0.05, 0) is 77.0 Å². The van der Waals surface area contributed by atoms with Crippen LogP contribution in [-0.4, -0.2) is 73.4 Å². The van der Waals surface area contributed by atoms with Gasteiger partial charge in [-0.25, -0.2) is 4.57 Å². The second-order valence-electron chi connectivity index (χ2n) is 29.8. The summed E-state index contributed by atoms with van der Waals surface area (Å²) in [6.07, 6.45) is 106. The van der Waals surface area contributed by atoms with Crippen LogP contribution in [0.15, 0.2) is 60.8 Å². The molecule has 3 atom stereocenters. The van der Waals surface area contributed by atoms with Gasteiger partial charge in [0, 0.05) is 6.42 Å². The molecule has 0 aliphatic heterocycles. The number of amides is 1. The molecule has 554 valence electrons. The van der Waals surface area contributed by atoms with Gasteiger partial charge in [-0.3, -0.25) is 13.8 Å². The van der Waals surface area contributed by atoms with Crippen molar-refractivity contribution in [2.75, 3.05) is 40.9 Å². The number of carbonyl (C=O) groups excluding carboxylic acids is 1. The number of likely N-dealkylation sites (N-methyl/N-ethyl adjacent to an activating group) is 1. The average Bonchev–Trinajstić information content (AvgIpc) is 1.77. The van der Waals surface area contributed by atoms with Crippen LogP contribution in [0.5, 0.6) is 0 Å². The van der Waals surface area contributed by atoms with Gasteiger partial charge < -0.3 is 19.8 Å². The second-order valence-corrected chi connectivity index (χ2v) is 31.3. The van der Waals surface area contributed by atoms with Crippen LogP contribution in [-0.2, 0) is 18.4 Å². The lowest BCUT2D eigenvalue weighted by molar-refractivity contribution is -0.870. The Morgan fingerprint density at radius 1 is 0.362 bits per heavy atom. The molecule has 0 radical (unpaired) electrons. The van der Waals surface area contributed by atoms with Gasteiger partial charge in [0.15, 0.2) is 0 Å². The van der Waals surface area contributed by atoms with Crippen molar-refractivity contribution in [1.82, 2.24) is 5.32 Å². The molecule has 9 heteroatoms. The lowest BCUT2D eigenvalue weighted by Gasteiger charge is -2.25. The molecule has 0 aliphatic rings. The van der Waals surface area contributed by atoms with E-state index in [2.05, 4.69) is 67.8 Å². The second kappa shape index (κ2) is 75.4. The molecule has 0 aromatic carbocycles. The number of aliphatic hydroxyl groups is 1. The summed E-state index contributed by atoms with van der Waals surface area (Å²) in [7, 11) is 1.56. The highest BCUT2D eigenvalue weighted by Crippen LogP contribution is 2.43. The number of carbonyl (C=O) groups is 1. The van der Waals surface area contributed by atoms with Crippen molar-refractivity contribution in [2.24, 2.45) is 0 Å². The third-order valence-corrected chi connectivity index (χ3v) is 20.2. The van der Waals surface area contributed by atoms with Crippen LogP contribution in [0.3, 0.4) is 0 Å². The minimum Gasteiger partial charge on any atom is -0.387 e. The van der Waals surface area contributed by atoms with Gasteiger partial charge in [-0.2, -0.15) is 0 Å². The topological polar surface area (TPSA) is 105 Å². The molecule has 0 spiro atoms. The normalized spacial score (nSPS) is 13.7. The monoisotopic (exact) mass is 1340 g/mol. The molecule has 3 unspecified atom stereocenters. The standard InChI is InChI=1S/C85H163N2O6P/c1-6-8-10-12-14-16-18-20-22-24-26-28-30-32-34-36-38-39-40-41-42-43-44-45-46-47-49-51-53-55-57-59-61-63-65-67-69-71-73-75-77-79-85(89)86-83(82-93-94(90,91)92-81-80-87(3,4)5)84(88)78-76-74-72-70-68-66-64-62-60-58-56-54-52-50-48-37-35-33-31-29-27-25-23-21-19-17-15-13-11-9-7-2/h18,20,24,26,60,62,68,70,76,78,83-84,88H,6-17,19,21-23,25,27-59,61,63-67,69,71-75,77,79-82H2,1-5H3,(H-,86,89,90,91)/p+1/b20-18-,26-24-,62-60+,70-68+,78-76+. The molecular formula is C85H164N2O6P+. The zero-order valence-corrected chi connectivity index (χ0v) is 64.6. The van der Waals surface area contributed by atoms with E-state index in [9.17, 15) is 19.4 Å². The van der Waals surface area contributed by atoms with E-state index in [0.717, 1.165) is 51.4 Å². The molecular weight excluding hydrogens is 1180 g/mol. The first-order valence-corrected chi connectivity index (χ1v) is 43.2. The lowest BCUT2D eigenvalue weighted by Crippen LogP contribution is -2.45. The fourth-order valence-electron chi connectivity index (χ4n) is 12.8. The molecule has 0 heterocycles. The van der Waals surface area contributed by atoms with Gasteiger partial charge in [0.2, 0.25) is 5.91 Å². The van der Waals surface area contributed by atoms with Crippen molar-refractivity contribution in [3.05, 3.63) is 60.8 Å². The highest BCUT2D eigenvalue weighted by atomic mass is 31.2. The van der Waals surface area contributed by atoms with Crippen LogP contribution in [0, 0.1) is 0 Å². The predicted molar refractivity (Wildman–Crippen MR) is 415 cm³/mol. The number of hydrogen-bond acceptors (Lipinski definition) is 5. The van der Waals surface area contributed by atoms with Crippen molar-refractivity contribution in [3.8, 4) is 0 Å². The molecule has 0 saturated heterocycles. The maximum Gasteiger partial charge on any atom is 0.472 e. The zero-order chi connectivity index (χ0) is 68.3. The number of quaternary nitrogens is 1. The Hall–Kier alpha value is -1.80. The molecule has 0 aromatic heterocycles. The van der Waals surface area contributed by atoms with Crippen LogP contribution < -0.4 is 5.32 Å². The van der Waals surface area contributed by atoms with Crippen LogP contribution in [0.25, 0.3) is 0 Å². The van der Waals surface area contributed by atoms with Gasteiger partial charge in [0.1, 0.15) is 13.2 Å².